The Balaban J connectivity index is 2.64. The molecule has 2 N–H and O–H groups in total. The van der Waals surface area contributed by atoms with Gasteiger partial charge in [-0.2, -0.15) is 0 Å². The first kappa shape index (κ1) is 16.5. The van der Waals surface area contributed by atoms with Gasteiger partial charge in [-0.25, -0.2) is 9.97 Å². The van der Waals surface area contributed by atoms with E-state index in [9.17, 15) is 0 Å². The Morgan fingerprint density at radius 2 is 1.80 bits per heavy atom. The Morgan fingerprint density at radius 1 is 1.20 bits per heavy atom. The molecule has 6 heteroatoms. The van der Waals surface area contributed by atoms with Crippen LogP contribution in [0.5, 0.6) is 5.75 Å². The molecule has 1 rings (SSSR count). The van der Waals surface area contributed by atoms with E-state index in [4.69, 9.17) is 4.74 Å². The predicted molar refractivity (Wildman–Crippen MR) is 83.6 cm³/mol. The van der Waals surface area contributed by atoms with E-state index in [0.29, 0.717) is 11.8 Å². The fourth-order valence-electron chi connectivity index (χ4n) is 1.67. The van der Waals surface area contributed by atoms with Crippen LogP contribution in [-0.2, 0) is 0 Å². The van der Waals surface area contributed by atoms with Crippen LogP contribution in [0.3, 0.4) is 0 Å². The lowest BCUT2D eigenvalue weighted by Crippen LogP contribution is -2.31. The second kappa shape index (κ2) is 8.58. The summed E-state index contributed by atoms with van der Waals surface area (Å²) in [6, 6.07) is 0.533. The molecule has 0 atom stereocenters. The minimum absolute atomic E-state index is 0.533. The molecular weight excluding hydrogens is 254 g/mol. The van der Waals surface area contributed by atoms with Gasteiger partial charge in [0, 0.05) is 25.7 Å². The first-order chi connectivity index (χ1) is 9.60. The quantitative estimate of drug-likeness (QED) is 0.722. The van der Waals surface area contributed by atoms with Crippen molar-refractivity contribution in [3.8, 4) is 5.75 Å². The van der Waals surface area contributed by atoms with Crippen LogP contribution in [-0.4, -0.2) is 54.7 Å². The second-order valence-electron chi connectivity index (χ2n) is 5.03. The highest BCUT2D eigenvalue weighted by Crippen LogP contribution is 2.28. The molecule has 0 aromatic carbocycles. The van der Waals surface area contributed by atoms with Crippen molar-refractivity contribution in [2.75, 3.05) is 44.4 Å². The number of aromatic nitrogens is 2. The zero-order valence-electron chi connectivity index (χ0n) is 13.2. The number of nitrogens with one attached hydrogen (secondary N) is 2. The van der Waals surface area contributed by atoms with Crippen LogP contribution in [0.2, 0.25) is 0 Å². The molecule has 0 saturated heterocycles. The van der Waals surface area contributed by atoms with E-state index in [-0.39, 0.29) is 0 Å². The lowest BCUT2D eigenvalue weighted by atomic mass is 10.3. The minimum Gasteiger partial charge on any atom is -0.490 e. The van der Waals surface area contributed by atoms with Gasteiger partial charge >= 0.3 is 0 Å². The van der Waals surface area contributed by atoms with Gasteiger partial charge in [0.2, 0.25) is 5.75 Å². The molecule has 0 amide bonds. The van der Waals surface area contributed by atoms with E-state index in [1.54, 1.807) is 13.4 Å². The maximum absolute atomic E-state index is 5.41. The molecule has 0 radical (unpaired) electrons. The predicted octanol–water partition coefficient (Wildman–Crippen LogP) is 2.06. The summed E-state index contributed by atoms with van der Waals surface area (Å²) in [5.41, 5.74) is 0. The van der Waals surface area contributed by atoms with E-state index < -0.39 is 0 Å². The Bertz CT molecular complexity index is 397. The van der Waals surface area contributed by atoms with Gasteiger partial charge in [0.1, 0.15) is 6.33 Å². The zero-order valence-corrected chi connectivity index (χ0v) is 13.2. The molecule has 0 spiro atoms. The smallest absolute Gasteiger partial charge is 0.204 e. The molecule has 0 fully saturated rings. The van der Waals surface area contributed by atoms with Gasteiger partial charge in [-0.15, -0.1) is 0 Å². The van der Waals surface area contributed by atoms with Crippen LogP contribution in [0, 0.1) is 0 Å². The van der Waals surface area contributed by atoms with Gasteiger partial charge in [0.25, 0.3) is 0 Å². The number of hydrogen-bond acceptors (Lipinski definition) is 6. The van der Waals surface area contributed by atoms with Crippen molar-refractivity contribution in [3.63, 3.8) is 0 Å². The molecule has 1 aromatic rings. The summed E-state index contributed by atoms with van der Waals surface area (Å²) >= 11 is 0. The molecule has 0 bridgehead atoms. The van der Waals surface area contributed by atoms with E-state index in [1.807, 2.05) is 0 Å². The molecule has 6 nitrogen and oxygen atoms in total. The van der Waals surface area contributed by atoms with E-state index in [2.05, 4.69) is 53.3 Å². The highest BCUT2D eigenvalue weighted by atomic mass is 16.5. The van der Waals surface area contributed by atoms with Crippen molar-refractivity contribution < 1.29 is 4.74 Å². The lowest BCUT2D eigenvalue weighted by Gasteiger charge is -2.21. The number of likely N-dealkylation sites (N-methyl/N-ethyl adjacent to an activating group) is 1. The summed E-state index contributed by atoms with van der Waals surface area (Å²) < 4.78 is 5.41. The third kappa shape index (κ3) is 4.85. The van der Waals surface area contributed by atoms with E-state index >= 15 is 0 Å². The Kier molecular flexibility index (Phi) is 7.08. The third-order valence-electron chi connectivity index (χ3n) is 3.19. The summed E-state index contributed by atoms with van der Waals surface area (Å²) in [4.78, 5) is 10.8. The first-order valence-corrected chi connectivity index (χ1v) is 7.17. The Hall–Kier alpha value is -1.56. The van der Waals surface area contributed by atoms with Gasteiger partial charge in [-0.1, -0.05) is 6.92 Å². The fourth-order valence-corrected chi connectivity index (χ4v) is 1.67. The average molecular weight is 281 g/mol. The van der Waals surface area contributed by atoms with Gasteiger partial charge in [0.15, 0.2) is 11.6 Å². The number of hydrogen-bond donors (Lipinski definition) is 2. The number of anilines is 2. The van der Waals surface area contributed by atoms with Crippen LogP contribution in [0.25, 0.3) is 0 Å². The second-order valence-corrected chi connectivity index (χ2v) is 5.03. The molecule has 20 heavy (non-hydrogen) atoms. The molecule has 0 aliphatic heterocycles. The molecule has 114 valence electrons. The van der Waals surface area contributed by atoms with Crippen molar-refractivity contribution in [3.05, 3.63) is 6.33 Å². The third-order valence-corrected chi connectivity index (χ3v) is 3.19. The first-order valence-electron chi connectivity index (χ1n) is 7.17. The topological polar surface area (TPSA) is 62.3 Å². The Morgan fingerprint density at radius 3 is 2.30 bits per heavy atom. The summed E-state index contributed by atoms with van der Waals surface area (Å²) in [6.45, 7) is 9.10. The molecule has 0 aliphatic rings. The molecule has 1 heterocycles. The van der Waals surface area contributed by atoms with Gasteiger partial charge in [-0.05, 0) is 27.3 Å². The summed E-state index contributed by atoms with van der Waals surface area (Å²) in [5, 5.41) is 6.55. The monoisotopic (exact) mass is 281 g/mol. The largest absolute Gasteiger partial charge is 0.490 e. The van der Waals surface area contributed by atoms with Crippen molar-refractivity contribution >= 4 is 11.6 Å². The van der Waals surface area contributed by atoms with Gasteiger partial charge in [0.05, 0.1) is 7.11 Å². The zero-order chi connectivity index (χ0) is 15.0. The van der Waals surface area contributed by atoms with Gasteiger partial charge < -0.3 is 20.3 Å². The normalized spacial score (nSPS) is 10.9. The van der Waals surface area contributed by atoms with E-state index in [0.717, 1.165) is 37.7 Å². The van der Waals surface area contributed by atoms with Crippen molar-refractivity contribution in [2.45, 2.75) is 33.2 Å². The molecule has 1 aromatic heterocycles. The van der Waals surface area contributed by atoms with Crippen molar-refractivity contribution in [1.82, 2.24) is 14.9 Å². The van der Waals surface area contributed by atoms with Crippen LogP contribution >= 0.6 is 0 Å². The Labute approximate surface area is 121 Å². The highest BCUT2D eigenvalue weighted by Gasteiger charge is 2.11. The average Bonchev–Trinajstić information content (AvgIpc) is 2.44. The number of methoxy groups -OCH3 is 1. The van der Waals surface area contributed by atoms with E-state index in [1.165, 1.54) is 0 Å². The number of ether oxygens (including phenoxy) is 1. The minimum atomic E-state index is 0.533. The maximum atomic E-state index is 5.41. The van der Waals surface area contributed by atoms with Crippen molar-refractivity contribution in [1.29, 1.82) is 0 Å². The highest BCUT2D eigenvalue weighted by molar-refractivity contribution is 5.63. The maximum Gasteiger partial charge on any atom is 0.204 e. The van der Waals surface area contributed by atoms with Crippen molar-refractivity contribution in [2.24, 2.45) is 0 Å². The number of nitrogens with zero attached hydrogens (tertiary/aromatic N) is 3. The fraction of sp³-hybridized carbons (Fsp3) is 0.714. The molecular formula is C14H27N5O. The van der Waals surface area contributed by atoms with Crippen LogP contribution in [0.1, 0.15) is 27.2 Å². The molecule has 0 saturated carbocycles. The summed E-state index contributed by atoms with van der Waals surface area (Å²) in [7, 11) is 3.75. The summed E-state index contributed by atoms with van der Waals surface area (Å²) in [6.07, 6.45) is 2.59. The molecule has 0 unspecified atom stereocenters. The van der Waals surface area contributed by atoms with Crippen LogP contribution < -0.4 is 15.4 Å². The SMILES string of the molecule is CCCNc1ncnc(NCCN(C)C(C)C)c1OC. The number of rotatable bonds is 9. The summed E-state index contributed by atoms with van der Waals surface area (Å²) in [5.74, 6) is 2.15. The lowest BCUT2D eigenvalue weighted by molar-refractivity contribution is 0.284. The van der Waals surface area contributed by atoms with Crippen LogP contribution in [0.4, 0.5) is 11.6 Å². The standard InChI is InChI=1S/C14H27N5O/c1-6-7-15-13-12(20-5)14(18-10-17-13)16-8-9-19(4)11(2)3/h10-11H,6-9H2,1-5H3,(H2,15,16,17,18). The molecule has 0 aliphatic carbocycles. The van der Waals surface area contributed by atoms with Crippen LogP contribution in [0.15, 0.2) is 6.33 Å². The van der Waals surface area contributed by atoms with Gasteiger partial charge in [-0.3, -0.25) is 0 Å².